The molecule has 0 aliphatic heterocycles. The molecule has 0 atom stereocenters. The van der Waals surface area contributed by atoms with Crippen molar-refractivity contribution in [2.45, 2.75) is 20.4 Å². The fourth-order valence-corrected chi connectivity index (χ4v) is 2.78. The third-order valence-corrected chi connectivity index (χ3v) is 4.24. The predicted octanol–water partition coefficient (Wildman–Crippen LogP) is 3.20. The number of carbonyl (C=O) groups is 2. The van der Waals surface area contributed by atoms with Gasteiger partial charge in [0.25, 0.3) is 0 Å². The van der Waals surface area contributed by atoms with Crippen LogP contribution in [0, 0.1) is 13.8 Å². The van der Waals surface area contributed by atoms with Gasteiger partial charge in [-0.1, -0.05) is 12.1 Å². The smallest absolute Gasteiger partial charge is 0.331 e. The van der Waals surface area contributed by atoms with E-state index in [1.165, 1.54) is 6.08 Å². The molecule has 0 aliphatic rings. The minimum Gasteiger partial charge on any atom is -0.497 e. The van der Waals surface area contributed by atoms with Gasteiger partial charge < -0.3 is 18.8 Å². The minimum absolute atomic E-state index is 0.227. The lowest BCUT2D eigenvalue weighted by atomic mass is 10.1. The van der Waals surface area contributed by atoms with Crippen molar-refractivity contribution in [3.63, 3.8) is 0 Å². The van der Waals surface area contributed by atoms with Gasteiger partial charge >= 0.3 is 5.97 Å². The van der Waals surface area contributed by atoms with Gasteiger partial charge in [0.1, 0.15) is 5.75 Å². The zero-order valence-corrected chi connectivity index (χ0v) is 16.2. The van der Waals surface area contributed by atoms with E-state index in [1.54, 1.807) is 26.4 Å². The highest BCUT2D eigenvalue weighted by atomic mass is 16.5. The van der Waals surface area contributed by atoms with Gasteiger partial charge in [0.2, 0.25) is 5.78 Å². The maximum absolute atomic E-state index is 12.4. The molecular weight excluding hydrogens is 346 g/mol. The molecule has 6 heteroatoms. The number of ether oxygens (including phenoxy) is 3. The molecule has 144 valence electrons. The highest BCUT2D eigenvalue weighted by Gasteiger charge is 2.16. The van der Waals surface area contributed by atoms with Crippen molar-refractivity contribution < 1.29 is 23.8 Å². The quantitative estimate of drug-likeness (QED) is 0.385. The number of aryl methyl sites for hydroxylation is 1. The van der Waals surface area contributed by atoms with Crippen LogP contribution in [0.2, 0.25) is 0 Å². The standard InChI is InChI=1S/C21H25NO5/c1-15-12-19(16(2)22(15)10-11-25-3)20(23)14-27-21(24)9-8-17-6-5-7-18(13-17)26-4/h5-9,12-13H,10-11,14H2,1-4H3/b9-8+. The number of hydrogen-bond acceptors (Lipinski definition) is 5. The Balaban J connectivity index is 1.95. The Labute approximate surface area is 159 Å². The van der Waals surface area contributed by atoms with Crippen LogP contribution >= 0.6 is 0 Å². The number of Topliss-reactive ketones (excluding diaryl/α,β-unsaturated/α-hetero) is 1. The number of hydrogen-bond donors (Lipinski definition) is 0. The number of nitrogens with zero attached hydrogens (tertiary/aromatic N) is 1. The molecule has 0 fully saturated rings. The van der Waals surface area contributed by atoms with Gasteiger partial charge in [0, 0.05) is 36.7 Å². The summed E-state index contributed by atoms with van der Waals surface area (Å²) in [7, 11) is 3.22. The molecule has 27 heavy (non-hydrogen) atoms. The van der Waals surface area contributed by atoms with Crippen molar-refractivity contribution in [3.8, 4) is 5.75 Å². The molecule has 0 bridgehead atoms. The Hall–Kier alpha value is -2.86. The first-order valence-corrected chi connectivity index (χ1v) is 8.64. The van der Waals surface area contributed by atoms with E-state index in [-0.39, 0.29) is 12.4 Å². The first kappa shape index (κ1) is 20.5. The first-order valence-electron chi connectivity index (χ1n) is 8.64. The van der Waals surface area contributed by atoms with E-state index in [2.05, 4.69) is 0 Å². The van der Waals surface area contributed by atoms with Gasteiger partial charge in [-0.05, 0) is 43.7 Å². The lowest BCUT2D eigenvalue weighted by molar-refractivity contribution is -0.136. The number of esters is 1. The van der Waals surface area contributed by atoms with Crippen molar-refractivity contribution >= 4 is 17.8 Å². The van der Waals surface area contributed by atoms with Crippen LogP contribution in [0.3, 0.4) is 0 Å². The minimum atomic E-state index is -0.570. The maximum Gasteiger partial charge on any atom is 0.331 e. The molecule has 1 aromatic heterocycles. The Morgan fingerprint density at radius 2 is 1.93 bits per heavy atom. The Morgan fingerprint density at radius 3 is 2.63 bits per heavy atom. The summed E-state index contributed by atoms with van der Waals surface area (Å²) >= 11 is 0. The van der Waals surface area contributed by atoms with Crippen LogP contribution in [0.4, 0.5) is 0 Å². The van der Waals surface area contributed by atoms with Crippen molar-refractivity contribution in [1.82, 2.24) is 4.57 Å². The fraction of sp³-hybridized carbons (Fsp3) is 0.333. The number of carbonyl (C=O) groups excluding carboxylic acids is 2. The van der Waals surface area contributed by atoms with E-state index >= 15 is 0 Å². The van der Waals surface area contributed by atoms with Gasteiger partial charge in [-0.25, -0.2) is 4.79 Å². The summed E-state index contributed by atoms with van der Waals surface area (Å²) in [6.45, 7) is 4.75. The Bertz CT molecular complexity index is 835. The molecule has 0 N–H and O–H groups in total. The molecular formula is C21H25NO5. The number of benzene rings is 1. The summed E-state index contributed by atoms with van der Waals surface area (Å²) in [5.74, 6) is -0.0983. The van der Waals surface area contributed by atoms with Gasteiger partial charge in [-0.3, -0.25) is 4.79 Å². The summed E-state index contributed by atoms with van der Waals surface area (Å²) in [6, 6.07) is 9.09. The molecule has 1 heterocycles. The van der Waals surface area contributed by atoms with Gasteiger partial charge in [0.15, 0.2) is 6.61 Å². The van der Waals surface area contributed by atoms with E-state index in [4.69, 9.17) is 14.2 Å². The third-order valence-electron chi connectivity index (χ3n) is 4.24. The lowest BCUT2D eigenvalue weighted by Gasteiger charge is -2.08. The monoisotopic (exact) mass is 371 g/mol. The highest BCUT2D eigenvalue weighted by Crippen LogP contribution is 2.16. The van der Waals surface area contributed by atoms with Crippen LogP contribution in [0.15, 0.2) is 36.4 Å². The zero-order valence-electron chi connectivity index (χ0n) is 16.2. The summed E-state index contributed by atoms with van der Waals surface area (Å²) < 4.78 is 17.3. The Morgan fingerprint density at radius 1 is 1.15 bits per heavy atom. The van der Waals surface area contributed by atoms with Crippen LogP contribution in [0.5, 0.6) is 5.75 Å². The van der Waals surface area contributed by atoms with E-state index in [0.29, 0.717) is 24.5 Å². The molecule has 0 saturated carbocycles. The highest BCUT2D eigenvalue weighted by molar-refractivity contribution is 6.00. The average molecular weight is 371 g/mol. The molecule has 2 aromatic rings. The summed E-state index contributed by atoms with van der Waals surface area (Å²) in [6.07, 6.45) is 2.91. The fourth-order valence-electron chi connectivity index (χ4n) is 2.78. The normalized spacial score (nSPS) is 11.0. The first-order chi connectivity index (χ1) is 13.0. The maximum atomic E-state index is 12.4. The molecule has 0 unspecified atom stereocenters. The topological polar surface area (TPSA) is 66.8 Å². The van der Waals surface area contributed by atoms with Crippen LogP contribution in [0.25, 0.3) is 6.08 Å². The largest absolute Gasteiger partial charge is 0.497 e. The molecule has 0 saturated heterocycles. The molecule has 0 amide bonds. The predicted molar refractivity (Wildman–Crippen MR) is 103 cm³/mol. The second kappa shape index (κ2) is 9.73. The van der Waals surface area contributed by atoms with Crippen LogP contribution in [-0.2, 0) is 20.8 Å². The van der Waals surface area contributed by atoms with Crippen molar-refractivity contribution in [3.05, 3.63) is 58.9 Å². The zero-order chi connectivity index (χ0) is 19.8. The molecule has 0 aliphatic carbocycles. The SMILES string of the molecule is COCCn1c(C)cc(C(=O)COC(=O)/C=C/c2cccc(OC)c2)c1C. The number of methoxy groups -OCH3 is 2. The Kier molecular flexibility index (Phi) is 7.37. The van der Waals surface area contributed by atoms with E-state index < -0.39 is 5.97 Å². The number of ketones is 1. The molecule has 0 spiro atoms. The van der Waals surface area contributed by atoms with E-state index in [1.807, 2.05) is 42.7 Å². The number of rotatable bonds is 9. The van der Waals surface area contributed by atoms with Gasteiger partial charge in [0.05, 0.1) is 13.7 Å². The second-order valence-corrected chi connectivity index (χ2v) is 6.07. The summed E-state index contributed by atoms with van der Waals surface area (Å²) in [4.78, 5) is 24.3. The van der Waals surface area contributed by atoms with Crippen LogP contribution in [0.1, 0.15) is 27.3 Å². The van der Waals surface area contributed by atoms with Crippen molar-refractivity contribution in [2.24, 2.45) is 0 Å². The summed E-state index contributed by atoms with van der Waals surface area (Å²) in [5.41, 5.74) is 3.18. The van der Waals surface area contributed by atoms with Crippen molar-refractivity contribution in [1.29, 1.82) is 0 Å². The van der Waals surface area contributed by atoms with E-state index in [0.717, 1.165) is 17.0 Å². The average Bonchev–Trinajstić information content (AvgIpc) is 2.96. The molecule has 0 radical (unpaired) electrons. The lowest BCUT2D eigenvalue weighted by Crippen LogP contribution is -2.14. The molecule has 6 nitrogen and oxygen atoms in total. The third kappa shape index (κ3) is 5.56. The van der Waals surface area contributed by atoms with E-state index in [9.17, 15) is 9.59 Å². The van der Waals surface area contributed by atoms with Crippen LogP contribution < -0.4 is 4.74 Å². The van der Waals surface area contributed by atoms with Gasteiger partial charge in [-0.15, -0.1) is 0 Å². The second-order valence-electron chi connectivity index (χ2n) is 6.07. The van der Waals surface area contributed by atoms with Crippen molar-refractivity contribution in [2.75, 3.05) is 27.4 Å². The molecule has 2 rings (SSSR count). The van der Waals surface area contributed by atoms with Gasteiger partial charge in [-0.2, -0.15) is 0 Å². The molecule has 1 aromatic carbocycles. The van der Waals surface area contributed by atoms with Crippen LogP contribution in [-0.4, -0.2) is 43.8 Å². The summed E-state index contributed by atoms with van der Waals surface area (Å²) in [5, 5.41) is 0. The number of aromatic nitrogens is 1.